The lowest BCUT2D eigenvalue weighted by Gasteiger charge is -2.17. The van der Waals surface area contributed by atoms with Crippen molar-refractivity contribution >= 4 is 15.9 Å². The molecule has 0 bridgehead atoms. The summed E-state index contributed by atoms with van der Waals surface area (Å²) < 4.78 is 32.4. The molecule has 1 heterocycles. The van der Waals surface area contributed by atoms with Crippen LogP contribution >= 0.6 is 0 Å². The molecule has 1 aromatic carbocycles. The van der Waals surface area contributed by atoms with Gasteiger partial charge in [-0.2, -0.15) is 4.31 Å². The highest BCUT2D eigenvalue weighted by Gasteiger charge is 2.28. The maximum atomic E-state index is 12.8. The molecular formula is C19H28N2O4S. The molecule has 0 aromatic heterocycles. The van der Waals surface area contributed by atoms with E-state index in [4.69, 9.17) is 4.74 Å². The number of benzene rings is 1. The van der Waals surface area contributed by atoms with Crippen LogP contribution in [0.2, 0.25) is 0 Å². The van der Waals surface area contributed by atoms with E-state index < -0.39 is 10.0 Å². The molecule has 3 rings (SSSR count). The molecule has 0 radical (unpaired) electrons. The van der Waals surface area contributed by atoms with Gasteiger partial charge in [0.05, 0.1) is 12.0 Å². The number of hydrogen-bond acceptors (Lipinski definition) is 4. The van der Waals surface area contributed by atoms with E-state index in [0.29, 0.717) is 37.7 Å². The van der Waals surface area contributed by atoms with Gasteiger partial charge in [0, 0.05) is 25.6 Å². The Hall–Kier alpha value is -1.60. The fourth-order valence-electron chi connectivity index (χ4n) is 3.81. The van der Waals surface area contributed by atoms with Gasteiger partial charge in [-0.1, -0.05) is 12.8 Å². The summed E-state index contributed by atoms with van der Waals surface area (Å²) in [6, 6.07) is 5.24. The zero-order chi connectivity index (χ0) is 18.6. The molecule has 1 aromatic rings. The Morgan fingerprint density at radius 1 is 1.19 bits per heavy atom. The smallest absolute Gasteiger partial charge is 0.243 e. The van der Waals surface area contributed by atoms with Gasteiger partial charge < -0.3 is 10.1 Å². The van der Waals surface area contributed by atoms with E-state index in [1.165, 1.54) is 17.1 Å². The van der Waals surface area contributed by atoms with Crippen molar-refractivity contribution in [2.45, 2.75) is 62.3 Å². The molecule has 0 unspecified atom stereocenters. The molecule has 144 valence electrons. The quantitative estimate of drug-likeness (QED) is 0.788. The molecule has 0 spiro atoms. The summed E-state index contributed by atoms with van der Waals surface area (Å²) in [5.74, 6) is 0.644. The Morgan fingerprint density at radius 3 is 2.54 bits per heavy atom. The van der Waals surface area contributed by atoms with Crippen LogP contribution < -0.4 is 10.1 Å². The second-order valence-corrected chi connectivity index (χ2v) is 9.07. The van der Waals surface area contributed by atoms with E-state index >= 15 is 0 Å². The highest BCUT2D eigenvalue weighted by Crippen LogP contribution is 2.27. The monoisotopic (exact) mass is 380 g/mol. The molecule has 1 saturated carbocycles. The van der Waals surface area contributed by atoms with Crippen LogP contribution in [-0.4, -0.2) is 44.9 Å². The average Bonchev–Trinajstić information content (AvgIpc) is 3.33. The topological polar surface area (TPSA) is 75.7 Å². The van der Waals surface area contributed by atoms with Crippen molar-refractivity contribution in [3.8, 4) is 5.75 Å². The van der Waals surface area contributed by atoms with Gasteiger partial charge in [0.1, 0.15) is 5.75 Å². The van der Waals surface area contributed by atoms with Crippen LogP contribution in [0.3, 0.4) is 0 Å². The van der Waals surface area contributed by atoms with E-state index in [-0.39, 0.29) is 10.8 Å². The van der Waals surface area contributed by atoms with Gasteiger partial charge >= 0.3 is 0 Å². The number of hydrogen-bond donors (Lipinski definition) is 1. The van der Waals surface area contributed by atoms with Crippen molar-refractivity contribution in [1.82, 2.24) is 9.62 Å². The number of amides is 1. The van der Waals surface area contributed by atoms with Crippen LogP contribution in [-0.2, 0) is 21.2 Å². The molecular weight excluding hydrogens is 352 g/mol. The highest BCUT2D eigenvalue weighted by molar-refractivity contribution is 7.89. The first-order valence-electron chi connectivity index (χ1n) is 9.47. The molecule has 7 heteroatoms. The predicted molar refractivity (Wildman–Crippen MR) is 99.7 cm³/mol. The molecule has 1 saturated heterocycles. The summed E-state index contributed by atoms with van der Waals surface area (Å²) >= 11 is 0. The largest absolute Gasteiger partial charge is 0.496 e. The maximum absolute atomic E-state index is 12.8. The predicted octanol–water partition coefficient (Wildman–Crippen LogP) is 2.47. The molecule has 1 aliphatic carbocycles. The standard InChI is InChI=1S/C19H28N2O4S/c1-25-18-10-9-17(26(23,24)21-12-4-5-13-21)14-15(18)8-11-19(22)20-16-6-2-3-7-16/h9-10,14,16H,2-8,11-13H2,1H3,(H,20,22). The fraction of sp³-hybridized carbons (Fsp3) is 0.632. The zero-order valence-electron chi connectivity index (χ0n) is 15.4. The zero-order valence-corrected chi connectivity index (χ0v) is 16.2. The van der Waals surface area contributed by atoms with Gasteiger partial charge in [0.2, 0.25) is 15.9 Å². The summed E-state index contributed by atoms with van der Waals surface area (Å²) in [6.45, 7) is 1.15. The fourth-order valence-corrected chi connectivity index (χ4v) is 5.37. The SMILES string of the molecule is COc1ccc(S(=O)(=O)N2CCCC2)cc1CCC(=O)NC1CCCC1. The first-order valence-corrected chi connectivity index (χ1v) is 10.9. The summed E-state index contributed by atoms with van der Waals surface area (Å²) in [5.41, 5.74) is 0.759. The lowest BCUT2D eigenvalue weighted by molar-refractivity contribution is -0.121. The Bertz CT molecular complexity index is 736. The van der Waals surface area contributed by atoms with Crippen LogP contribution in [0.25, 0.3) is 0 Å². The van der Waals surface area contributed by atoms with Crippen molar-refractivity contribution in [3.63, 3.8) is 0 Å². The number of aryl methyl sites for hydroxylation is 1. The third-order valence-corrected chi connectivity index (χ3v) is 7.19. The first kappa shape index (κ1) is 19.2. The molecule has 1 amide bonds. The molecule has 1 N–H and O–H groups in total. The van der Waals surface area contributed by atoms with Crippen molar-refractivity contribution in [1.29, 1.82) is 0 Å². The molecule has 0 atom stereocenters. The molecule has 1 aliphatic heterocycles. The van der Waals surface area contributed by atoms with Crippen molar-refractivity contribution in [2.24, 2.45) is 0 Å². The van der Waals surface area contributed by atoms with Crippen molar-refractivity contribution in [3.05, 3.63) is 23.8 Å². The van der Waals surface area contributed by atoms with Gasteiger partial charge in [-0.15, -0.1) is 0 Å². The lowest BCUT2D eigenvalue weighted by atomic mass is 10.1. The first-order chi connectivity index (χ1) is 12.5. The average molecular weight is 381 g/mol. The van der Waals surface area contributed by atoms with E-state index in [9.17, 15) is 13.2 Å². The maximum Gasteiger partial charge on any atom is 0.243 e. The number of ether oxygens (including phenoxy) is 1. The van der Waals surface area contributed by atoms with Gasteiger partial charge in [-0.05, 0) is 55.9 Å². The number of methoxy groups -OCH3 is 1. The second kappa shape index (κ2) is 8.39. The molecule has 6 nitrogen and oxygen atoms in total. The number of sulfonamides is 1. The number of carbonyl (C=O) groups excluding carboxylic acids is 1. The van der Waals surface area contributed by atoms with Crippen LogP contribution in [0.5, 0.6) is 5.75 Å². The van der Waals surface area contributed by atoms with Crippen LogP contribution in [0.15, 0.2) is 23.1 Å². The Labute approximate surface area is 156 Å². The highest BCUT2D eigenvalue weighted by atomic mass is 32.2. The number of carbonyl (C=O) groups is 1. The van der Waals surface area contributed by atoms with Gasteiger partial charge in [-0.25, -0.2) is 8.42 Å². The Morgan fingerprint density at radius 2 is 1.88 bits per heavy atom. The minimum Gasteiger partial charge on any atom is -0.496 e. The summed E-state index contributed by atoms with van der Waals surface area (Å²) in [7, 11) is -1.90. The van der Waals surface area contributed by atoms with E-state index in [1.807, 2.05) is 0 Å². The summed E-state index contributed by atoms with van der Waals surface area (Å²) in [5, 5.41) is 3.07. The summed E-state index contributed by atoms with van der Waals surface area (Å²) in [6.07, 6.45) is 7.07. The van der Waals surface area contributed by atoms with Gasteiger partial charge in [-0.3, -0.25) is 4.79 Å². The minimum absolute atomic E-state index is 0.0201. The van der Waals surface area contributed by atoms with Gasteiger partial charge in [0.15, 0.2) is 0 Å². The minimum atomic E-state index is -3.47. The van der Waals surface area contributed by atoms with Crippen molar-refractivity contribution < 1.29 is 17.9 Å². The molecule has 2 fully saturated rings. The number of nitrogens with zero attached hydrogens (tertiary/aromatic N) is 1. The number of nitrogens with one attached hydrogen (secondary N) is 1. The van der Waals surface area contributed by atoms with Crippen molar-refractivity contribution in [2.75, 3.05) is 20.2 Å². The normalized spacial score (nSPS) is 19.0. The van der Waals surface area contributed by atoms with Gasteiger partial charge in [0.25, 0.3) is 0 Å². The third kappa shape index (κ3) is 4.38. The Kier molecular flexibility index (Phi) is 6.19. The van der Waals surface area contributed by atoms with Crippen LogP contribution in [0.1, 0.15) is 50.5 Å². The van der Waals surface area contributed by atoms with Crippen LogP contribution in [0.4, 0.5) is 0 Å². The van der Waals surface area contributed by atoms with Crippen LogP contribution in [0, 0.1) is 0 Å². The lowest BCUT2D eigenvalue weighted by Crippen LogP contribution is -2.32. The van der Waals surface area contributed by atoms with E-state index in [2.05, 4.69) is 5.32 Å². The number of rotatable bonds is 7. The Balaban J connectivity index is 1.70. The third-order valence-electron chi connectivity index (χ3n) is 5.30. The van der Waals surface area contributed by atoms with E-state index in [1.54, 1.807) is 25.3 Å². The second-order valence-electron chi connectivity index (χ2n) is 7.13. The molecule has 26 heavy (non-hydrogen) atoms. The molecule has 2 aliphatic rings. The summed E-state index contributed by atoms with van der Waals surface area (Å²) in [4.78, 5) is 12.5. The van der Waals surface area contributed by atoms with E-state index in [0.717, 1.165) is 31.2 Å².